The van der Waals surface area contributed by atoms with Gasteiger partial charge in [0.15, 0.2) is 0 Å². The van der Waals surface area contributed by atoms with Crippen molar-refractivity contribution in [2.45, 2.75) is 0 Å². The summed E-state index contributed by atoms with van der Waals surface area (Å²) >= 11 is 6.25. The van der Waals surface area contributed by atoms with Gasteiger partial charge in [-0.3, -0.25) is 4.98 Å². The summed E-state index contributed by atoms with van der Waals surface area (Å²) in [4.78, 5) is 11.8. The number of H-pyrrole nitrogens is 1. The molecule has 0 atom stereocenters. The number of benzene rings is 1. The van der Waals surface area contributed by atoms with E-state index in [0.717, 1.165) is 38.1 Å². The maximum atomic E-state index is 6.25. The predicted octanol–water partition coefficient (Wildman–Crippen LogP) is 4.43. The van der Waals surface area contributed by atoms with E-state index in [1.54, 1.807) is 12.4 Å². The molecule has 4 aromatic rings. The summed E-state index contributed by atoms with van der Waals surface area (Å²) in [6, 6.07) is 11.9. The lowest BCUT2D eigenvalue weighted by Crippen LogP contribution is -1.82. The Kier molecular flexibility index (Phi) is 2.47. The summed E-state index contributed by atoms with van der Waals surface area (Å²) < 4.78 is 0. The van der Waals surface area contributed by atoms with Gasteiger partial charge in [0, 0.05) is 34.9 Å². The van der Waals surface area contributed by atoms with E-state index in [-0.39, 0.29) is 0 Å². The first-order valence-electron chi connectivity index (χ1n) is 6.30. The zero-order chi connectivity index (χ0) is 13.5. The topological polar surface area (TPSA) is 41.6 Å². The van der Waals surface area contributed by atoms with Crippen molar-refractivity contribution in [1.82, 2.24) is 15.0 Å². The fraction of sp³-hybridized carbons (Fsp3) is 0. The Morgan fingerprint density at radius 1 is 0.950 bits per heavy atom. The van der Waals surface area contributed by atoms with Gasteiger partial charge in [0.25, 0.3) is 0 Å². The number of nitrogens with one attached hydrogen (secondary N) is 1. The van der Waals surface area contributed by atoms with Crippen LogP contribution in [0.1, 0.15) is 0 Å². The van der Waals surface area contributed by atoms with Crippen molar-refractivity contribution in [2.75, 3.05) is 0 Å². The molecule has 3 aromatic heterocycles. The molecule has 0 aliphatic carbocycles. The second-order valence-corrected chi connectivity index (χ2v) is 5.03. The summed E-state index contributed by atoms with van der Waals surface area (Å²) in [6.07, 6.45) is 5.48. The second-order valence-electron chi connectivity index (χ2n) is 4.63. The van der Waals surface area contributed by atoms with Crippen LogP contribution >= 0.6 is 11.6 Å². The van der Waals surface area contributed by atoms with Gasteiger partial charge in [0.2, 0.25) is 0 Å². The van der Waals surface area contributed by atoms with Gasteiger partial charge in [-0.2, -0.15) is 0 Å². The third-order valence-electron chi connectivity index (χ3n) is 3.45. The lowest BCUT2D eigenvalue weighted by atomic mass is 10.0. The van der Waals surface area contributed by atoms with E-state index in [0.29, 0.717) is 0 Å². The smallest absolute Gasteiger partial charge is 0.137 e. The lowest BCUT2D eigenvalue weighted by Gasteiger charge is -2.03. The van der Waals surface area contributed by atoms with Gasteiger partial charge in [-0.1, -0.05) is 17.7 Å². The normalized spacial score (nSPS) is 11.2. The third kappa shape index (κ3) is 1.67. The van der Waals surface area contributed by atoms with Gasteiger partial charge in [-0.15, -0.1) is 0 Å². The molecule has 0 saturated heterocycles. The molecule has 0 bridgehead atoms. The van der Waals surface area contributed by atoms with Crippen LogP contribution < -0.4 is 0 Å². The molecule has 0 saturated carbocycles. The maximum Gasteiger partial charge on any atom is 0.137 e. The van der Waals surface area contributed by atoms with E-state index in [4.69, 9.17) is 11.6 Å². The summed E-state index contributed by atoms with van der Waals surface area (Å²) in [5, 5.41) is 2.78. The van der Waals surface area contributed by atoms with E-state index >= 15 is 0 Å². The van der Waals surface area contributed by atoms with Crippen molar-refractivity contribution in [1.29, 1.82) is 0 Å². The van der Waals surface area contributed by atoms with Crippen molar-refractivity contribution >= 4 is 33.5 Å². The van der Waals surface area contributed by atoms with Crippen LogP contribution in [0.25, 0.3) is 33.1 Å². The van der Waals surface area contributed by atoms with Gasteiger partial charge in [0.1, 0.15) is 5.65 Å². The Morgan fingerprint density at radius 2 is 1.90 bits per heavy atom. The third-order valence-corrected chi connectivity index (χ3v) is 3.78. The highest BCUT2D eigenvalue weighted by atomic mass is 35.5. The fourth-order valence-electron chi connectivity index (χ4n) is 2.48. The number of hydrogen-bond donors (Lipinski definition) is 1. The Bertz CT molecular complexity index is 927. The van der Waals surface area contributed by atoms with E-state index in [2.05, 4.69) is 33.2 Å². The first kappa shape index (κ1) is 11.4. The predicted molar refractivity (Wildman–Crippen MR) is 81.8 cm³/mol. The number of aromatic nitrogens is 3. The van der Waals surface area contributed by atoms with Gasteiger partial charge < -0.3 is 4.98 Å². The largest absolute Gasteiger partial charge is 0.346 e. The van der Waals surface area contributed by atoms with Gasteiger partial charge in [-0.05, 0) is 35.9 Å². The number of halogens is 1. The lowest BCUT2D eigenvalue weighted by molar-refractivity contribution is 1.33. The summed E-state index contributed by atoms with van der Waals surface area (Å²) in [7, 11) is 0. The molecule has 0 unspecified atom stereocenters. The average molecular weight is 280 g/mol. The molecule has 0 spiro atoms. The molecule has 1 aromatic carbocycles. The minimum Gasteiger partial charge on any atom is -0.346 e. The standard InChI is InChI=1S/C16H10ClN3/c17-14-5-7-18-15-4-3-10(8-12(14)15)13-9-20-16-11(13)2-1-6-19-16/h1-9H,(H,19,20). The number of rotatable bonds is 1. The molecule has 1 N–H and O–H groups in total. The highest BCUT2D eigenvalue weighted by Crippen LogP contribution is 2.31. The molecule has 0 aliphatic rings. The van der Waals surface area contributed by atoms with Crippen LogP contribution in [0.4, 0.5) is 0 Å². The Morgan fingerprint density at radius 3 is 2.85 bits per heavy atom. The second kappa shape index (κ2) is 4.32. The molecule has 96 valence electrons. The van der Waals surface area contributed by atoms with Crippen LogP contribution in [0.15, 0.2) is 55.0 Å². The van der Waals surface area contributed by atoms with E-state index in [1.807, 2.05) is 24.4 Å². The number of pyridine rings is 2. The highest BCUT2D eigenvalue weighted by Gasteiger charge is 2.08. The summed E-state index contributed by atoms with van der Waals surface area (Å²) in [5.74, 6) is 0. The molecule has 0 amide bonds. The van der Waals surface area contributed by atoms with E-state index in [9.17, 15) is 0 Å². The van der Waals surface area contributed by atoms with Crippen molar-refractivity contribution in [3.8, 4) is 11.1 Å². The Balaban J connectivity index is 2.00. The first-order chi connectivity index (χ1) is 9.83. The Hall–Kier alpha value is -2.39. The minimum absolute atomic E-state index is 0.717. The minimum atomic E-state index is 0.717. The maximum absolute atomic E-state index is 6.25. The zero-order valence-corrected chi connectivity index (χ0v) is 11.2. The number of fused-ring (bicyclic) bond motifs is 2. The molecule has 3 heterocycles. The van der Waals surface area contributed by atoms with Gasteiger partial charge in [-0.25, -0.2) is 4.98 Å². The SMILES string of the molecule is Clc1ccnc2ccc(-c3c[nH]c4ncccc34)cc12. The molecule has 0 fully saturated rings. The molecule has 0 radical (unpaired) electrons. The van der Waals surface area contributed by atoms with Crippen LogP contribution in [-0.2, 0) is 0 Å². The first-order valence-corrected chi connectivity index (χ1v) is 6.67. The zero-order valence-electron chi connectivity index (χ0n) is 10.5. The fourth-order valence-corrected chi connectivity index (χ4v) is 2.68. The van der Waals surface area contributed by atoms with Gasteiger partial charge >= 0.3 is 0 Å². The van der Waals surface area contributed by atoms with Crippen molar-refractivity contribution < 1.29 is 0 Å². The van der Waals surface area contributed by atoms with Crippen LogP contribution in [0.2, 0.25) is 5.02 Å². The van der Waals surface area contributed by atoms with Crippen LogP contribution in [0, 0.1) is 0 Å². The number of aromatic amines is 1. The summed E-state index contributed by atoms with van der Waals surface area (Å²) in [6.45, 7) is 0. The van der Waals surface area contributed by atoms with Crippen LogP contribution in [-0.4, -0.2) is 15.0 Å². The van der Waals surface area contributed by atoms with Crippen molar-refractivity contribution in [3.63, 3.8) is 0 Å². The quantitative estimate of drug-likeness (QED) is 0.560. The summed E-state index contributed by atoms with van der Waals surface area (Å²) in [5.41, 5.74) is 4.01. The average Bonchev–Trinajstić information content (AvgIpc) is 2.91. The molecule has 20 heavy (non-hydrogen) atoms. The molecular formula is C16H10ClN3. The van der Waals surface area contributed by atoms with Gasteiger partial charge in [0.05, 0.1) is 10.5 Å². The monoisotopic (exact) mass is 279 g/mol. The van der Waals surface area contributed by atoms with Crippen molar-refractivity contribution in [3.05, 3.63) is 60.0 Å². The Labute approximate surface area is 120 Å². The van der Waals surface area contributed by atoms with Crippen LogP contribution in [0.3, 0.4) is 0 Å². The van der Waals surface area contributed by atoms with Crippen LogP contribution in [0.5, 0.6) is 0 Å². The highest BCUT2D eigenvalue weighted by molar-refractivity contribution is 6.35. The molecule has 0 aliphatic heterocycles. The van der Waals surface area contributed by atoms with E-state index in [1.165, 1.54) is 0 Å². The molecule has 3 nitrogen and oxygen atoms in total. The van der Waals surface area contributed by atoms with Crippen molar-refractivity contribution in [2.24, 2.45) is 0 Å². The van der Waals surface area contributed by atoms with E-state index < -0.39 is 0 Å². The molecule has 4 heteroatoms. The molecular weight excluding hydrogens is 270 g/mol. The molecule has 4 rings (SSSR count). The number of nitrogens with zero attached hydrogens (tertiary/aromatic N) is 2. The number of hydrogen-bond acceptors (Lipinski definition) is 2.